The van der Waals surface area contributed by atoms with Crippen LogP contribution >= 0.6 is 11.6 Å². The van der Waals surface area contributed by atoms with Gasteiger partial charge in [-0.2, -0.15) is 0 Å². The van der Waals surface area contributed by atoms with Crippen LogP contribution in [-0.2, 0) is 9.59 Å². The maximum absolute atomic E-state index is 13.0. The van der Waals surface area contributed by atoms with Gasteiger partial charge in [0.1, 0.15) is 0 Å². The van der Waals surface area contributed by atoms with Gasteiger partial charge < -0.3 is 16.0 Å². The fraction of sp³-hybridized carbons (Fsp3) is 0.333. The minimum atomic E-state index is -0.779. The molecule has 1 saturated heterocycles. The van der Waals surface area contributed by atoms with Gasteiger partial charge in [-0.05, 0) is 48.9 Å². The van der Waals surface area contributed by atoms with Crippen LogP contribution < -0.4 is 11.1 Å². The molecule has 1 aliphatic heterocycles. The standard InChI is InChI=1S/C21H23ClN4O3/c1-12-3-6-18(14-4-5-17(22)13(2)7-14)26(11-12)21(29)20(28)25-16-8-15(19(23)27)9-24-10-16/h4-5,7-10,12,18H,3,6,11H2,1-2H3,(H2,23,27)(H,25,28)/t12-,18+/m0/s1. The minimum Gasteiger partial charge on any atom is -0.366 e. The number of halogens is 1. The zero-order valence-corrected chi connectivity index (χ0v) is 17.1. The van der Waals surface area contributed by atoms with Gasteiger partial charge in [0.25, 0.3) is 0 Å². The predicted octanol–water partition coefficient (Wildman–Crippen LogP) is 3.08. The summed E-state index contributed by atoms with van der Waals surface area (Å²) >= 11 is 6.13. The normalized spacial score (nSPS) is 18.9. The Bertz CT molecular complexity index is 963. The lowest BCUT2D eigenvalue weighted by Gasteiger charge is -2.38. The highest BCUT2D eigenvalue weighted by Crippen LogP contribution is 2.34. The zero-order chi connectivity index (χ0) is 21.1. The predicted molar refractivity (Wildman–Crippen MR) is 110 cm³/mol. The molecular formula is C21H23ClN4O3. The van der Waals surface area contributed by atoms with Gasteiger partial charge in [-0.3, -0.25) is 19.4 Å². The summed E-state index contributed by atoms with van der Waals surface area (Å²) in [7, 11) is 0. The number of piperidine rings is 1. The first-order valence-corrected chi connectivity index (χ1v) is 9.77. The van der Waals surface area contributed by atoms with E-state index in [-0.39, 0.29) is 23.2 Å². The topological polar surface area (TPSA) is 105 Å². The lowest BCUT2D eigenvalue weighted by molar-refractivity contribution is -0.146. The number of primary amides is 1. The Hall–Kier alpha value is -2.93. The zero-order valence-electron chi connectivity index (χ0n) is 16.3. The molecule has 1 aromatic carbocycles. The summed E-state index contributed by atoms with van der Waals surface area (Å²) in [6.07, 6.45) is 4.38. The molecule has 0 radical (unpaired) electrons. The second kappa shape index (κ2) is 8.61. The molecule has 29 heavy (non-hydrogen) atoms. The van der Waals surface area contributed by atoms with E-state index in [0.717, 1.165) is 24.0 Å². The van der Waals surface area contributed by atoms with Crippen molar-refractivity contribution in [3.63, 3.8) is 0 Å². The van der Waals surface area contributed by atoms with Gasteiger partial charge in [-0.25, -0.2) is 0 Å². The molecule has 3 N–H and O–H groups in total. The summed E-state index contributed by atoms with van der Waals surface area (Å²) in [5, 5.41) is 3.18. The Morgan fingerprint density at radius 2 is 1.97 bits per heavy atom. The molecule has 1 fully saturated rings. The molecular weight excluding hydrogens is 392 g/mol. The van der Waals surface area contributed by atoms with E-state index in [4.69, 9.17) is 17.3 Å². The van der Waals surface area contributed by atoms with E-state index in [0.29, 0.717) is 11.6 Å². The van der Waals surface area contributed by atoms with Gasteiger partial charge in [-0.1, -0.05) is 30.7 Å². The highest BCUT2D eigenvalue weighted by molar-refractivity contribution is 6.39. The summed E-state index contributed by atoms with van der Waals surface area (Å²) in [6.45, 7) is 4.45. The van der Waals surface area contributed by atoms with Crippen LogP contribution in [0.3, 0.4) is 0 Å². The van der Waals surface area contributed by atoms with Crippen molar-refractivity contribution in [2.24, 2.45) is 11.7 Å². The van der Waals surface area contributed by atoms with Crippen molar-refractivity contribution >= 4 is 35.0 Å². The first-order chi connectivity index (χ1) is 13.8. The number of amides is 3. The number of aryl methyl sites for hydroxylation is 1. The first-order valence-electron chi connectivity index (χ1n) is 9.39. The molecule has 1 aromatic heterocycles. The first kappa shape index (κ1) is 20.8. The lowest BCUT2D eigenvalue weighted by atomic mass is 9.89. The second-order valence-electron chi connectivity index (χ2n) is 7.45. The number of aromatic nitrogens is 1. The Morgan fingerprint density at radius 1 is 1.21 bits per heavy atom. The maximum atomic E-state index is 13.0. The molecule has 0 saturated carbocycles. The van der Waals surface area contributed by atoms with Gasteiger partial charge in [0, 0.05) is 17.8 Å². The Morgan fingerprint density at radius 3 is 2.66 bits per heavy atom. The molecule has 0 spiro atoms. The van der Waals surface area contributed by atoms with Crippen molar-refractivity contribution in [1.82, 2.24) is 9.88 Å². The highest BCUT2D eigenvalue weighted by atomic mass is 35.5. The van der Waals surface area contributed by atoms with Crippen molar-refractivity contribution < 1.29 is 14.4 Å². The minimum absolute atomic E-state index is 0.149. The van der Waals surface area contributed by atoms with Crippen LogP contribution in [0.25, 0.3) is 0 Å². The van der Waals surface area contributed by atoms with Crippen LogP contribution in [0.2, 0.25) is 5.02 Å². The number of likely N-dealkylation sites (tertiary alicyclic amines) is 1. The van der Waals surface area contributed by atoms with E-state index in [1.807, 2.05) is 25.1 Å². The van der Waals surface area contributed by atoms with Crippen molar-refractivity contribution in [2.75, 3.05) is 11.9 Å². The number of benzene rings is 1. The summed E-state index contributed by atoms with van der Waals surface area (Å²) in [4.78, 5) is 42.4. The number of hydrogen-bond acceptors (Lipinski definition) is 4. The van der Waals surface area contributed by atoms with Crippen LogP contribution in [0.4, 0.5) is 5.69 Å². The number of hydrogen-bond donors (Lipinski definition) is 2. The van der Waals surface area contributed by atoms with Crippen LogP contribution in [0.1, 0.15) is 47.3 Å². The van der Waals surface area contributed by atoms with E-state index >= 15 is 0 Å². The molecule has 0 bridgehead atoms. The number of rotatable bonds is 3. The molecule has 0 aliphatic carbocycles. The quantitative estimate of drug-likeness (QED) is 0.752. The average Bonchev–Trinajstić information content (AvgIpc) is 2.69. The lowest BCUT2D eigenvalue weighted by Crippen LogP contribution is -2.46. The molecule has 2 atom stereocenters. The van der Waals surface area contributed by atoms with Crippen LogP contribution in [-0.4, -0.2) is 34.2 Å². The summed E-state index contributed by atoms with van der Waals surface area (Å²) < 4.78 is 0. The third kappa shape index (κ3) is 4.74. The van der Waals surface area contributed by atoms with Crippen LogP contribution in [0.15, 0.2) is 36.7 Å². The number of nitrogens with zero attached hydrogens (tertiary/aromatic N) is 2. The second-order valence-corrected chi connectivity index (χ2v) is 7.85. The van der Waals surface area contributed by atoms with Crippen molar-refractivity contribution in [3.8, 4) is 0 Å². The van der Waals surface area contributed by atoms with E-state index in [9.17, 15) is 14.4 Å². The molecule has 0 unspecified atom stereocenters. The fourth-order valence-corrected chi connectivity index (χ4v) is 3.67. The van der Waals surface area contributed by atoms with Gasteiger partial charge in [0.2, 0.25) is 5.91 Å². The molecule has 3 amide bonds. The number of anilines is 1. The number of carbonyl (C=O) groups excluding carboxylic acids is 3. The highest BCUT2D eigenvalue weighted by Gasteiger charge is 2.34. The monoisotopic (exact) mass is 414 g/mol. The molecule has 3 rings (SSSR count). The van der Waals surface area contributed by atoms with E-state index < -0.39 is 17.7 Å². The number of nitrogens with one attached hydrogen (secondary N) is 1. The average molecular weight is 415 g/mol. The molecule has 2 heterocycles. The Balaban J connectivity index is 1.81. The van der Waals surface area contributed by atoms with E-state index in [1.54, 1.807) is 4.90 Å². The van der Waals surface area contributed by atoms with Gasteiger partial charge in [-0.15, -0.1) is 0 Å². The maximum Gasteiger partial charge on any atom is 0.313 e. The van der Waals surface area contributed by atoms with Gasteiger partial charge in [0.15, 0.2) is 0 Å². The van der Waals surface area contributed by atoms with Crippen molar-refractivity contribution in [3.05, 3.63) is 58.4 Å². The van der Waals surface area contributed by atoms with Crippen LogP contribution in [0, 0.1) is 12.8 Å². The largest absolute Gasteiger partial charge is 0.366 e. The smallest absolute Gasteiger partial charge is 0.313 e. The molecule has 8 heteroatoms. The third-order valence-electron chi connectivity index (χ3n) is 5.12. The van der Waals surface area contributed by atoms with Gasteiger partial charge >= 0.3 is 11.8 Å². The van der Waals surface area contributed by atoms with E-state index in [1.165, 1.54) is 18.5 Å². The summed E-state index contributed by atoms with van der Waals surface area (Å²) in [5.41, 5.74) is 7.50. The van der Waals surface area contributed by atoms with Crippen molar-refractivity contribution in [1.29, 1.82) is 0 Å². The SMILES string of the molecule is Cc1cc([C@H]2CC[C@H](C)CN2C(=O)C(=O)Nc2cncc(C(N)=O)c2)ccc1Cl. The number of pyridine rings is 1. The molecule has 1 aliphatic rings. The fourth-order valence-electron chi connectivity index (χ4n) is 3.56. The van der Waals surface area contributed by atoms with Crippen LogP contribution in [0.5, 0.6) is 0 Å². The molecule has 152 valence electrons. The summed E-state index contributed by atoms with van der Waals surface area (Å²) in [6, 6.07) is 6.86. The molecule has 7 nitrogen and oxygen atoms in total. The Kier molecular flexibility index (Phi) is 6.17. The third-order valence-corrected chi connectivity index (χ3v) is 5.54. The number of nitrogens with two attached hydrogens (primary N) is 1. The van der Waals surface area contributed by atoms with Crippen molar-refractivity contribution in [2.45, 2.75) is 32.7 Å². The van der Waals surface area contributed by atoms with E-state index in [2.05, 4.69) is 17.2 Å². The van der Waals surface area contributed by atoms with Gasteiger partial charge in [0.05, 0.1) is 23.5 Å². The number of carbonyl (C=O) groups is 3. The Labute approximate surface area is 174 Å². The molecule has 2 aromatic rings. The summed E-state index contributed by atoms with van der Waals surface area (Å²) in [5.74, 6) is -1.78.